The maximum absolute atomic E-state index is 12.6. The zero-order chi connectivity index (χ0) is 27.0. The first-order chi connectivity index (χ1) is 19.1. The molecule has 9 heteroatoms. The summed E-state index contributed by atoms with van der Waals surface area (Å²) in [5, 5.41) is 8.16. The maximum Gasteiger partial charge on any atom is 0.271 e. The quantitative estimate of drug-likeness (QED) is 0.270. The van der Waals surface area contributed by atoms with Crippen LogP contribution in [0.1, 0.15) is 15.9 Å². The molecule has 1 aromatic heterocycles. The number of carbonyl (C=O) groups is 2. The molecular weight excluding hydrogens is 492 g/mol. The Bertz CT molecular complexity index is 1470. The van der Waals surface area contributed by atoms with Crippen molar-refractivity contribution < 1.29 is 14.3 Å². The second-order valence-corrected chi connectivity index (χ2v) is 9.20. The molecule has 198 valence electrons. The number of hydrazone groups is 1. The molecular formula is C30H30N6O3. The lowest BCUT2D eigenvalue weighted by Crippen LogP contribution is -2.49. The van der Waals surface area contributed by atoms with E-state index in [1.807, 2.05) is 72.8 Å². The largest absolute Gasteiger partial charge is 0.497 e. The maximum atomic E-state index is 12.6. The van der Waals surface area contributed by atoms with Gasteiger partial charge < -0.3 is 15.0 Å². The predicted molar refractivity (Wildman–Crippen MR) is 154 cm³/mol. The standard InChI is InChI=1S/C30H30N6O3/c1-39-26-13-11-25(12-14-26)32-28(37)21-35-15-17-36(18-16-35)29-24(19-23-9-5-6-10-27(23)33-29)20-31-34-30(38)22-7-3-2-4-8-22/h2-14,19-20H,15-18,21H2,1H3,(H,32,37)(H,34,38)/b31-20+. The van der Waals surface area contributed by atoms with Crippen molar-refractivity contribution in [3.8, 4) is 5.75 Å². The van der Waals surface area contributed by atoms with Crippen LogP contribution in [0.25, 0.3) is 10.9 Å². The summed E-state index contributed by atoms with van der Waals surface area (Å²) in [5.41, 5.74) is 5.59. The number of hydrogen-bond donors (Lipinski definition) is 2. The number of nitrogens with zero attached hydrogens (tertiary/aromatic N) is 4. The Balaban J connectivity index is 1.24. The highest BCUT2D eigenvalue weighted by Crippen LogP contribution is 2.24. The van der Waals surface area contributed by atoms with Crippen LogP contribution in [0.4, 0.5) is 11.5 Å². The molecule has 0 radical (unpaired) electrons. The lowest BCUT2D eigenvalue weighted by atomic mass is 10.1. The van der Waals surface area contributed by atoms with Gasteiger partial charge >= 0.3 is 0 Å². The van der Waals surface area contributed by atoms with E-state index in [-0.39, 0.29) is 11.8 Å². The number of aromatic nitrogens is 1. The Hall–Kier alpha value is -4.76. The normalized spacial score (nSPS) is 13.9. The molecule has 9 nitrogen and oxygen atoms in total. The van der Waals surface area contributed by atoms with Gasteiger partial charge in [0.2, 0.25) is 5.91 Å². The third kappa shape index (κ3) is 6.58. The third-order valence-electron chi connectivity index (χ3n) is 6.55. The summed E-state index contributed by atoms with van der Waals surface area (Å²) >= 11 is 0. The fraction of sp³-hybridized carbons (Fsp3) is 0.200. The number of piperazine rings is 1. The van der Waals surface area contributed by atoms with E-state index in [1.165, 1.54) is 0 Å². The van der Waals surface area contributed by atoms with Crippen LogP contribution in [0, 0.1) is 0 Å². The third-order valence-corrected chi connectivity index (χ3v) is 6.55. The molecule has 0 bridgehead atoms. The average molecular weight is 523 g/mol. The van der Waals surface area contributed by atoms with Crippen LogP contribution in [0.2, 0.25) is 0 Å². The number of methoxy groups -OCH3 is 1. The molecule has 39 heavy (non-hydrogen) atoms. The summed E-state index contributed by atoms with van der Waals surface area (Å²) in [4.78, 5) is 34.3. The molecule has 0 saturated carbocycles. The Morgan fingerprint density at radius 1 is 0.949 bits per heavy atom. The second kappa shape index (κ2) is 12.2. The molecule has 1 fully saturated rings. The lowest BCUT2D eigenvalue weighted by Gasteiger charge is -2.35. The first-order valence-electron chi connectivity index (χ1n) is 12.8. The van der Waals surface area contributed by atoms with Gasteiger partial charge in [-0.15, -0.1) is 0 Å². The number of carbonyl (C=O) groups excluding carboxylic acids is 2. The van der Waals surface area contributed by atoms with E-state index < -0.39 is 0 Å². The van der Waals surface area contributed by atoms with Crippen LogP contribution in [0.15, 0.2) is 90.0 Å². The minimum absolute atomic E-state index is 0.0561. The first-order valence-corrected chi connectivity index (χ1v) is 12.8. The van der Waals surface area contributed by atoms with Crippen molar-refractivity contribution in [3.05, 3.63) is 96.1 Å². The number of ether oxygens (including phenoxy) is 1. The lowest BCUT2D eigenvalue weighted by molar-refractivity contribution is -0.117. The fourth-order valence-corrected chi connectivity index (χ4v) is 4.48. The molecule has 1 aliphatic rings. The Morgan fingerprint density at radius 3 is 2.41 bits per heavy atom. The van der Waals surface area contributed by atoms with Gasteiger partial charge in [-0.1, -0.05) is 36.4 Å². The van der Waals surface area contributed by atoms with Crippen LogP contribution in [-0.2, 0) is 4.79 Å². The van der Waals surface area contributed by atoms with Gasteiger partial charge in [0.25, 0.3) is 5.91 Å². The van der Waals surface area contributed by atoms with Crippen molar-refractivity contribution in [1.82, 2.24) is 15.3 Å². The molecule has 0 unspecified atom stereocenters. The van der Waals surface area contributed by atoms with Gasteiger partial charge in [-0.3, -0.25) is 14.5 Å². The molecule has 0 spiro atoms. The summed E-state index contributed by atoms with van der Waals surface area (Å²) in [5.74, 6) is 1.21. The van der Waals surface area contributed by atoms with E-state index in [0.717, 1.165) is 33.7 Å². The zero-order valence-corrected chi connectivity index (χ0v) is 21.7. The molecule has 3 aromatic carbocycles. The number of hydrogen-bond acceptors (Lipinski definition) is 7. The Labute approximate surface area is 227 Å². The molecule has 2 amide bonds. The number of para-hydroxylation sites is 1. The van der Waals surface area contributed by atoms with Gasteiger partial charge in [0.15, 0.2) is 0 Å². The van der Waals surface area contributed by atoms with E-state index in [0.29, 0.717) is 38.3 Å². The highest BCUT2D eigenvalue weighted by atomic mass is 16.5. The number of fused-ring (bicyclic) bond motifs is 1. The molecule has 4 aromatic rings. The van der Waals surface area contributed by atoms with E-state index in [4.69, 9.17) is 9.72 Å². The van der Waals surface area contributed by atoms with Crippen LogP contribution in [0.3, 0.4) is 0 Å². The SMILES string of the molecule is COc1ccc(NC(=O)CN2CCN(c3nc4ccccc4cc3/C=N/NC(=O)c3ccccc3)CC2)cc1. The van der Waals surface area contributed by atoms with Crippen molar-refractivity contribution in [1.29, 1.82) is 0 Å². The van der Waals surface area contributed by atoms with Crippen molar-refractivity contribution in [2.75, 3.05) is 50.1 Å². The minimum Gasteiger partial charge on any atom is -0.497 e. The van der Waals surface area contributed by atoms with Gasteiger partial charge in [-0.05, 0) is 48.5 Å². The number of amides is 2. The van der Waals surface area contributed by atoms with Gasteiger partial charge in [-0.25, -0.2) is 10.4 Å². The van der Waals surface area contributed by atoms with E-state index >= 15 is 0 Å². The van der Waals surface area contributed by atoms with Crippen LogP contribution in [-0.4, -0.2) is 67.7 Å². The van der Waals surface area contributed by atoms with E-state index in [2.05, 4.69) is 25.6 Å². The molecule has 0 atom stereocenters. The fourth-order valence-electron chi connectivity index (χ4n) is 4.48. The van der Waals surface area contributed by atoms with Crippen LogP contribution < -0.4 is 20.4 Å². The number of benzene rings is 3. The van der Waals surface area contributed by atoms with Gasteiger partial charge in [0, 0.05) is 48.4 Å². The molecule has 2 heterocycles. The topological polar surface area (TPSA) is 99.2 Å². The zero-order valence-electron chi connectivity index (χ0n) is 21.7. The summed E-state index contributed by atoms with van der Waals surface area (Å²) in [6.07, 6.45) is 1.64. The minimum atomic E-state index is -0.274. The summed E-state index contributed by atoms with van der Waals surface area (Å²) in [7, 11) is 1.61. The van der Waals surface area contributed by atoms with Crippen molar-refractivity contribution in [3.63, 3.8) is 0 Å². The summed E-state index contributed by atoms with van der Waals surface area (Å²) in [6.45, 7) is 3.15. The smallest absolute Gasteiger partial charge is 0.271 e. The first kappa shape index (κ1) is 25.9. The molecule has 2 N–H and O–H groups in total. The number of rotatable bonds is 8. The van der Waals surface area contributed by atoms with E-state index in [1.54, 1.807) is 25.5 Å². The second-order valence-electron chi connectivity index (χ2n) is 9.20. The number of nitrogens with one attached hydrogen (secondary N) is 2. The van der Waals surface area contributed by atoms with Gasteiger partial charge in [0.05, 0.1) is 25.4 Å². The molecule has 1 aliphatic heterocycles. The van der Waals surface area contributed by atoms with E-state index in [9.17, 15) is 9.59 Å². The van der Waals surface area contributed by atoms with Gasteiger partial charge in [0.1, 0.15) is 11.6 Å². The van der Waals surface area contributed by atoms with Crippen LogP contribution in [0.5, 0.6) is 5.75 Å². The highest BCUT2D eigenvalue weighted by Gasteiger charge is 2.22. The van der Waals surface area contributed by atoms with Crippen molar-refractivity contribution >= 4 is 40.4 Å². The van der Waals surface area contributed by atoms with Crippen molar-refractivity contribution in [2.45, 2.75) is 0 Å². The highest BCUT2D eigenvalue weighted by molar-refractivity contribution is 5.97. The summed E-state index contributed by atoms with van der Waals surface area (Å²) < 4.78 is 5.17. The predicted octanol–water partition coefficient (Wildman–Crippen LogP) is 3.77. The van der Waals surface area contributed by atoms with Crippen molar-refractivity contribution in [2.24, 2.45) is 5.10 Å². The number of pyridine rings is 1. The van der Waals surface area contributed by atoms with Crippen LogP contribution >= 0.6 is 0 Å². The monoisotopic (exact) mass is 522 g/mol. The Morgan fingerprint density at radius 2 is 1.67 bits per heavy atom. The molecule has 5 rings (SSSR count). The summed E-state index contributed by atoms with van der Waals surface area (Å²) in [6, 6.07) is 26.2. The number of anilines is 2. The molecule has 0 aliphatic carbocycles. The van der Waals surface area contributed by atoms with Gasteiger partial charge in [-0.2, -0.15) is 5.10 Å². The Kier molecular flexibility index (Phi) is 8.09. The average Bonchev–Trinajstić information content (AvgIpc) is 2.98. The molecule has 1 saturated heterocycles.